The highest BCUT2D eigenvalue weighted by molar-refractivity contribution is 5.37. The molecule has 1 aliphatic carbocycles. The Kier molecular flexibility index (Phi) is 3.72. The normalized spacial score (nSPS) is 18.3. The second-order valence-electron chi connectivity index (χ2n) is 5.36. The summed E-state index contributed by atoms with van der Waals surface area (Å²) < 4.78 is 5.42. The Morgan fingerprint density at radius 3 is 2.59 bits per heavy atom. The zero-order valence-corrected chi connectivity index (χ0v) is 10.8. The minimum Gasteiger partial charge on any atom is -0.496 e. The number of aliphatic hydroxyl groups is 1. The maximum absolute atomic E-state index is 9.67. The van der Waals surface area contributed by atoms with E-state index in [-0.39, 0.29) is 5.41 Å². The first kappa shape index (κ1) is 12.4. The summed E-state index contributed by atoms with van der Waals surface area (Å²) in [6.45, 7) is 2.40. The van der Waals surface area contributed by atoms with E-state index in [1.807, 2.05) is 6.07 Å². The number of rotatable bonds is 4. The van der Waals surface area contributed by atoms with E-state index in [0.29, 0.717) is 6.61 Å². The molecular weight excluding hydrogens is 212 g/mol. The molecule has 17 heavy (non-hydrogen) atoms. The van der Waals surface area contributed by atoms with Crippen LogP contribution in [0.5, 0.6) is 5.75 Å². The van der Waals surface area contributed by atoms with Crippen molar-refractivity contribution in [3.05, 3.63) is 29.3 Å². The number of hydrogen-bond acceptors (Lipinski definition) is 2. The number of benzene rings is 1. The zero-order valence-electron chi connectivity index (χ0n) is 10.8. The third-order valence-corrected chi connectivity index (χ3v) is 4.00. The molecule has 0 aromatic heterocycles. The van der Waals surface area contributed by atoms with Crippen molar-refractivity contribution in [3.8, 4) is 5.75 Å². The Balaban J connectivity index is 2.24. The van der Waals surface area contributed by atoms with Gasteiger partial charge >= 0.3 is 0 Å². The summed E-state index contributed by atoms with van der Waals surface area (Å²) in [5.41, 5.74) is 2.59. The summed E-state index contributed by atoms with van der Waals surface area (Å²) in [7, 11) is 1.72. The standard InChI is InChI=1S/C15H22O2/c1-12-5-6-14(17-2)13(9-12)10-15(11-16)7-3-4-8-15/h5-6,9,16H,3-4,7-8,10-11H2,1-2H3. The van der Waals surface area contributed by atoms with Gasteiger partial charge in [-0.05, 0) is 43.2 Å². The first-order chi connectivity index (χ1) is 8.19. The highest BCUT2D eigenvalue weighted by Gasteiger charge is 2.34. The van der Waals surface area contributed by atoms with Gasteiger partial charge in [-0.3, -0.25) is 0 Å². The molecule has 2 rings (SSSR count). The number of ether oxygens (including phenoxy) is 1. The summed E-state index contributed by atoms with van der Waals surface area (Å²) in [6, 6.07) is 6.29. The monoisotopic (exact) mass is 234 g/mol. The van der Waals surface area contributed by atoms with Gasteiger partial charge in [0.1, 0.15) is 5.75 Å². The van der Waals surface area contributed by atoms with E-state index in [4.69, 9.17) is 4.74 Å². The Bertz CT molecular complexity index is 379. The van der Waals surface area contributed by atoms with Gasteiger partial charge in [-0.1, -0.05) is 30.5 Å². The molecule has 94 valence electrons. The van der Waals surface area contributed by atoms with Crippen LogP contribution in [0.2, 0.25) is 0 Å². The summed E-state index contributed by atoms with van der Waals surface area (Å²) in [6.07, 6.45) is 5.71. The van der Waals surface area contributed by atoms with Crippen molar-refractivity contribution in [3.63, 3.8) is 0 Å². The fourth-order valence-electron chi connectivity index (χ4n) is 2.97. The average molecular weight is 234 g/mol. The lowest BCUT2D eigenvalue weighted by atomic mass is 9.80. The fraction of sp³-hybridized carbons (Fsp3) is 0.600. The van der Waals surface area contributed by atoms with Gasteiger partial charge in [0.15, 0.2) is 0 Å². The SMILES string of the molecule is COc1ccc(C)cc1CC1(CO)CCCC1. The predicted molar refractivity (Wildman–Crippen MR) is 69.4 cm³/mol. The molecule has 1 aliphatic rings. The van der Waals surface area contributed by atoms with E-state index < -0.39 is 0 Å². The molecule has 1 aromatic rings. The van der Waals surface area contributed by atoms with Crippen molar-refractivity contribution in [2.45, 2.75) is 39.0 Å². The Morgan fingerprint density at radius 1 is 1.29 bits per heavy atom. The van der Waals surface area contributed by atoms with Crippen LogP contribution in [0.3, 0.4) is 0 Å². The van der Waals surface area contributed by atoms with E-state index >= 15 is 0 Å². The van der Waals surface area contributed by atoms with Crippen LogP contribution in [-0.2, 0) is 6.42 Å². The van der Waals surface area contributed by atoms with Gasteiger partial charge in [0, 0.05) is 6.61 Å². The minimum atomic E-state index is 0.0983. The van der Waals surface area contributed by atoms with Gasteiger partial charge in [0.05, 0.1) is 7.11 Å². The second-order valence-corrected chi connectivity index (χ2v) is 5.36. The van der Waals surface area contributed by atoms with Crippen LogP contribution in [0, 0.1) is 12.3 Å². The van der Waals surface area contributed by atoms with Crippen LogP contribution in [0.4, 0.5) is 0 Å². The lowest BCUT2D eigenvalue weighted by Gasteiger charge is -2.27. The molecular formula is C15H22O2. The van der Waals surface area contributed by atoms with Gasteiger partial charge in [-0.2, -0.15) is 0 Å². The Hall–Kier alpha value is -1.02. The largest absolute Gasteiger partial charge is 0.496 e. The molecule has 2 nitrogen and oxygen atoms in total. The molecule has 0 spiro atoms. The Morgan fingerprint density at radius 2 is 2.00 bits per heavy atom. The topological polar surface area (TPSA) is 29.5 Å². The molecule has 0 unspecified atom stereocenters. The third-order valence-electron chi connectivity index (χ3n) is 4.00. The Labute approximate surface area is 104 Å². The smallest absolute Gasteiger partial charge is 0.122 e. The van der Waals surface area contributed by atoms with Crippen LogP contribution < -0.4 is 4.74 Å². The molecule has 0 atom stereocenters. The summed E-state index contributed by atoms with van der Waals surface area (Å²) in [4.78, 5) is 0. The van der Waals surface area contributed by atoms with Gasteiger partial charge in [0.25, 0.3) is 0 Å². The highest BCUT2D eigenvalue weighted by atomic mass is 16.5. The molecule has 0 saturated heterocycles. The van der Waals surface area contributed by atoms with E-state index in [9.17, 15) is 5.11 Å². The quantitative estimate of drug-likeness (QED) is 0.867. The molecule has 0 radical (unpaired) electrons. The lowest BCUT2D eigenvalue weighted by Crippen LogP contribution is -2.24. The number of methoxy groups -OCH3 is 1. The minimum absolute atomic E-state index is 0.0983. The first-order valence-electron chi connectivity index (χ1n) is 6.43. The van der Waals surface area contributed by atoms with Crippen LogP contribution in [0.25, 0.3) is 0 Å². The second kappa shape index (κ2) is 5.09. The van der Waals surface area contributed by atoms with Crippen molar-refractivity contribution in [2.24, 2.45) is 5.41 Å². The summed E-state index contributed by atoms with van der Waals surface area (Å²) >= 11 is 0. The van der Waals surface area contributed by atoms with Crippen molar-refractivity contribution in [2.75, 3.05) is 13.7 Å². The average Bonchev–Trinajstić information content (AvgIpc) is 2.79. The van der Waals surface area contributed by atoms with Crippen LogP contribution in [0.1, 0.15) is 36.8 Å². The number of aryl methyl sites for hydroxylation is 1. The van der Waals surface area contributed by atoms with Gasteiger partial charge < -0.3 is 9.84 Å². The maximum Gasteiger partial charge on any atom is 0.122 e. The van der Waals surface area contributed by atoms with Crippen LogP contribution in [0.15, 0.2) is 18.2 Å². The van der Waals surface area contributed by atoms with E-state index in [1.165, 1.54) is 24.0 Å². The van der Waals surface area contributed by atoms with Crippen LogP contribution >= 0.6 is 0 Å². The summed E-state index contributed by atoms with van der Waals surface area (Å²) in [5, 5.41) is 9.67. The highest BCUT2D eigenvalue weighted by Crippen LogP contribution is 2.42. The molecule has 0 aliphatic heterocycles. The van der Waals surface area contributed by atoms with E-state index in [1.54, 1.807) is 7.11 Å². The third kappa shape index (κ3) is 2.63. The van der Waals surface area contributed by atoms with Crippen LogP contribution in [-0.4, -0.2) is 18.8 Å². The fourth-order valence-corrected chi connectivity index (χ4v) is 2.97. The molecule has 1 saturated carbocycles. The molecule has 0 heterocycles. The molecule has 1 fully saturated rings. The number of hydrogen-bond donors (Lipinski definition) is 1. The molecule has 2 heteroatoms. The van der Waals surface area contributed by atoms with Crippen molar-refractivity contribution >= 4 is 0 Å². The van der Waals surface area contributed by atoms with Crippen molar-refractivity contribution in [1.82, 2.24) is 0 Å². The maximum atomic E-state index is 9.67. The lowest BCUT2D eigenvalue weighted by molar-refractivity contribution is 0.129. The molecule has 1 aromatic carbocycles. The first-order valence-corrected chi connectivity index (χ1v) is 6.43. The van der Waals surface area contributed by atoms with Gasteiger partial charge in [0.2, 0.25) is 0 Å². The van der Waals surface area contributed by atoms with Gasteiger partial charge in [-0.25, -0.2) is 0 Å². The zero-order chi connectivity index (χ0) is 12.3. The molecule has 0 bridgehead atoms. The summed E-state index contributed by atoms with van der Waals surface area (Å²) in [5.74, 6) is 0.954. The predicted octanol–water partition coefficient (Wildman–Crippen LogP) is 3.10. The number of aliphatic hydroxyl groups excluding tert-OH is 1. The van der Waals surface area contributed by atoms with E-state index in [0.717, 1.165) is 25.0 Å². The molecule has 0 amide bonds. The van der Waals surface area contributed by atoms with E-state index in [2.05, 4.69) is 19.1 Å². The van der Waals surface area contributed by atoms with Crippen molar-refractivity contribution < 1.29 is 9.84 Å². The molecule has 1 N–H and O–H groups in total. The van der Waals surface area contributed by atoms with Gasteiger partial charge in [-0.15, -0.1) is 0 Å². The van der Waals surface area contributed by atoms with Crippen molar-refractivity contribution in [1.29, 1.82) is 0 Å².